The van der Waals surface area contributed by atoms with Crippen molar-refractivity contribution in [3.63, 3.8) is 0 Å². The van der Waals surface area contributed by atoms with Crippen molar-refractivity contribution in [3.8, 4) is 0 Å². The molecule has 0 spiro atoms. The summed E-state index contributed by atoms with van der Waals surface area (Å²) in [5, 5.41) is 9.52. The summed E-state index contributed by atoms with van der Waals surface area (Å²) < 4.78 is 2.19. The van der Waals surface area contributed by atoms with Gasteiger partial charge in [0.2, 0.25) is 5.28 Å². The van der Waals surface area contributed by atoms with Crippen molar-refractivity contribution in [2.75, 3.05) is 5.75 Å². The van der Waals surface area contributed by atoms with Gasteiger partial charge in [-0.25, -0.2) is 0 Å². The van der Waals surface area contributed by atoms with Crippen LogP contribution in [0.1, 0.15) is 51.4 Å². The van der Waals surface area contributed by atoms with Crippen LogP contribution >= 0.6 is 23.4 Å². The third kappa shape index (κ3) is 2.79. The standard InChI is InChI=1S/C12H20ClN3S/c1-3-6-11-14-15-12(13)16(11)9-7-5-8-10(9)17-4-2/h9-10H,3-8H2,1-2H3. The zero-order valence-electron chi connectivity index (χ0n) is 10.5. The molecule has 1 aromatic rings. The molecule has 1 aromatic heterocycles. The molecule has 0 bridgehead atoms. The molecule has 0 aliphatic heterocycles. The normalized spacial score (nSPS) is 24.4. The molecule has 0 N–H and O–H groups in total. The third-order valence-electron chi connectivity index (χ3n) is 3.33. The van der Waals surface area contributed by atoms with E-state index in [9.17, 15) is 0 Å². The first-order valence-corrected chi connectivity index (χ1v) is 7.91. The second-order valence-corrected chi connectivity index (χ2v) is 6.35. The quantitative estimate of drug-likeness (QED) is 0.819. The first kappa shape index (κ1) is 13.2. The predicted molar refractivity (Wildman–Crippen MR) is 73.8 cm³/mol. The molecule has 5 heteroatoms. The molecule has 1 fully saturated rings. The minimum absolute atomic E-state index is 0.504. The summed E-state index contributed by atoms with van der Waals surface area (Å²) >= 11 is 8.25. The van der Waals surface area contributed by atoms with Crippen LogP contribution in [0.5, 0.6) is 0 Å². The highest BCUT2D eigenvalue weighted by atomic mass is 35.5. The van der Waals surface area contributed by atoms with E-state index in [1.807, 2.05) is 11.8 Å². The van der Waals surface area contributed by atoms with Gasteiger partial charge in [0, 0.05) is 17.7 Å². The molecule has 3 nitrogen and oxygen atoms in total. The average molecular weight is 274 g/mol. The summed E-state index contributed by atoms with van der Waals surface area (Å²) in [6.45, 7) is 4.39. The Balaban J connectivity index is 2.22. The van der Waals surface area contributed by atoms with Gasteiger partial charge in [0.05, 0.1) is 0 Å². The van der Waals surface area contributed by atoms with Crippen LogP contribution in [0.3, 0.4) is 0 Å². The van der Waals surface area contributed by atoms with Crippen LogP contribution in [-0.2, 0) is 6.42 Å². The van der Waals surface area contributed by atoms with Crippen molar-refractivity contribution in [2.24, 2.45) is 0 Å². The smallest absolute Gasteiger partial charge is 0.225 e. The van der Waals surface area contributed by atoms with Crippen LogP contribution in [0.2, 0.25) is 5.28 Å². The van der Waals surface area contributed by atoms with E-state index in [1.165, 1.54) is 25.0 Å². The van der Waals surface area contributed by atoms with Crippen LogP contribution in [0.15, 0.2) is 0 Å². The van der Waals surface area contributed by atoms with Gasteiger partial charge >= 0.3 is 0 Å². The van der Waals surface area contributed by atoms with E-state index in [0.29, 0.717) is 16.6 Å². The molecule has 1 aliphatic carbocycles. The lowest BCUT2D eigenvalue weighted by atomic mass is 10.2. The van der Waals surface area contributed by atoms with Crippen LogP contribution < -0.4 is 0 Å². The Bertz CT molecular complexity index is 367. The number of halogens is 1. The van der Waals surface area contributed by atoms with Gasteiger partial charge in [-0.15, -0.1) is 10.2 Å². The minimum atomic E-state index is 0.504. The van der Waals surface area contributed by atoms with Crippen molar-refractivity contribution in [1.82, 2.24) is 14.8 Å². The monoisotopic (exact) mass is 273 g/mol. The first-order valence-electron chi connectivity index (χ1n) is 6.48. The van der Waals surface area contributed by atoms with Crippen LogP contribution in [-0.4, -0.2) is 25.8 Å². The van der Waals surface area contributed by atoms with E-state index in [-0.39, 0.29) is 0 Å². The summed E-state index contributed by atoms with van der Waals surface area (Å²) in [4.78, 5) is 0. The van der Waals surface area contributed by atoms with Crippen LogP contribution in [0, 0.1) is 0 Å². The van der Waals surface area contributed by atoms with Gasteiger partial charge in [-0.2, -0.15) is 11.8 Å². The third-order valence-corrected chi connectivity index (χ3v) is 4.90. The number of hydrogen-bond acceptors (Lipinski definition) is 3. The van der Waals surface area contributed by atoms with Gasteiger partial charge in [-0.1, -0.05) is 20.3 Å². The second kappa shape index (κ2) is 6.10. The van der Waals surface area contributed by atoms with Gasteiger partial charge in [-0.05, 0) is 36.6 Å². The summed E-state index contributed by atoms with van der Waals surface area (Å²) in [6, 6.07) is 0.504. The van der Waals surface area contributed by atoms with Gasteiger partial charge in [0.25, 0.3) is 0 Å². The van der Waals surface area contributed by atoms with Crippen LogP contribution in [0.4, 0.5) is 0 Å². The molecule has 96 valence electrons. The Labute approximate surface area is 112 Å². The molecule has 17 heavy (non-hydrogen) atoms. The molecule has 1 saturated carbocycles. The van der Waals surface area contributed by atoms with Gasteiger partial charge in [0.1, 0.15) is 5.82 Å². The Kier molecular flexibility index (Phi) is 4.74. The van der Waals surface area contributed by atoms with E-state index in [4.69, 9.17) is 11.6 Å². The number of aromatic nitrogens is 3. The molecule has 0 aromatic carbocycles. The lowest BCUT2D eigenvalue weighted by molar-refractivity contribution is 0.504. The Hall–Kier alpha value is -0.220. The lowest BCUT2D eigenvalue weighted by Gasteiger charge is -2.22. The van der Waals surface area contributed by atoms with Crippen LogP contribution in [0.25, 0.3) is 0 Å². The van der Waals surface area contributed by atoms with Crippen molar-refractivity contribution < 1.29 is 0 Å². The molecule has 2 unspecified atom stereocenters. The maximum absolute atomic E-state index is 6.21. The predicted octanol–water partition coefficient (Wildman–Crippen LogP) is 3.73. The van der Waals surface area contributed by atoms with Gasteiger partial charge < -0.3 is 0 Å². The summed E-state index contributed by atoms with van der Waals surface area (Å²) in [5.74, 6) is 2.23. The summed E-state index contributed by atoms with van der Waals surface area (Å²) in [7, 11) is 0. The molecule has 0 saturated heterocycles. The fourth-order valence-corrected chi connectivity index (χ4v) is 4.14. The molecule has 0 amide bonds. The zero-order chi connectivity index (χ0) is 12.3. The Morgan fingerprint density at radius 3 is 2.88 bits per heavy atom. The summed E-state index contributed by atoms with van der Waals surface area (Å²) in [5.41, 5.74) is 0. The lowest BCUT2D eigenvalue weighted by Crippen LogP contribution is -2.19. The minimum Gasteiger partial charge on any atom is -0.298 e. The fraction of sp³-hybridized carbons (Fsp3) is 0.833. The van der Waals surface area contributed by atoms with E-state index in [1.54, 1.807) is 0 Å². The van der Waals surface area contributed by atoms with E-state index in [2.05, 4.69) is 28.6 Å². The van der Waals surface area contributed by atoms with Crippen molar-refractivity contribution in [3.05, 3.63) is 11.1 Å². The highest BCUT2D eigenvalue weighted by molar-refractivity contribution is 7.99. The number of hydrogen-bond donors (Lipinski definition) is 0. The molecular weight excluding hydrogens is 254 g/mol. The van der Waals surface area contributed by atoms with E-state index >= 15 is 0 Å². The van der Waals surface area contributed by atoms with E-state index in [0.717, 1.165) is 18.7 Å². The maximum atomic E-state index is 6.21. The highest BCUT2D eigenvalue weighted by Gasteiger charge is 2.31. The Morgan fingerprint density at radius 1 is 1.35 bits per heavy atom. The van der Waals surface area contributed by atoms with Gasteiger partial charge in [-0.3, -0.25) is 4.57 Å². The Morgan fingerprint density at radius 2 is 2.18 bits per heavy atom. The molecule has 1 heterocycles. The molecule has 1 aliphatic rings. The molecule has 2 rings (SSSR count). The molecule has 0 radical (unpaired) electrons. The van der Waals surface area contributed by atoms with E-state index < -0.39 is 0 Å². The first-order chi connectivity index (χ1) is 8.27. The van der Waals surface area contributed by atoms with Crippen molar-refractivity contribution >= 4 is 23.4 Å². The second-order valence-electron chi connectivity index (χ2n) is 4.50. The SMILES string of the molecule is CCCc1nnc(Cl)n1C1CCCC1SCC. The van der Waals surface area contributed by atoms with Gasteiger partial charge in [0.15, 0.2) is 0 Å². The van der Waals surface area contributed by atoms with Crippen molar-refractivity contribution in [1.29, 1.82) is 0 Å². The van der Waals surface area contributed by atoms with Crippen molar-refractivity contribution in [2.45, 2.75) is 57.2 Å². The largest absolute Gasteiger partial charge is 0.298 e. The fourth-order valence-electron chi connectivity index (χ4n) is 2.63. The molecular formula is C12H20ClN3S. The average Bonchev–Trinajstić information content (AvgIpc) is 2.87. The number of aryl methyl sites for hydroxylation is 1. The molecule has 2 atom stereocenters. The zero-order valence-corrected chi connectivity index (χ0v) is 12.1. The summed E-state index contributed by atoms with van der Waals surface area (Å²) in [6.07, 6.45) is 5.87. The number of rotatable bonds is 5. The number of nitrogens with zero attached hydrogens (tertiary/aromatic N) is 3. The maximum Gasteiger partial charge on any atom is 0.225 e. The topological polar surface area (TPSA) is 30.7 Å². The number of thioether (sulfide) groups is 1. The highest BCUT2D eigenvalue weighted by Crippen LogP contribution is 2.40.